The smallest absolute Gasteiger partial charge is 0.452 e. The van der Waals surface area contributed by atoms with Crippen molar-refractivity contribution in [3.8, 4) is 0 Å². The lowest BCUT2D eigenvalue weighted by Crippen LogP contribution is -2.26. The van der Waals surface area contributed by atoms with Crippen LogP contribution in [0.4, 0.5) is 0 Å². The van der Waals surface area contributed by atoms with E-state index in [1.54, 1.807) is 13.8 Å². The lowest BCUT2D eigenvalue weighted by Gasteiger charge is -2.21. The van der Waals surface area contributed by atoms with Crippen LogP contribution in [0.15, 0.2) is 0 Å². The van der Waals surface area contributed by atoms with Crippen LogP contribution in [0.2, 0.25) is 0 Å². The van der Waals surface area contributed by atoms with Gasteiger partial charge in [0.25, 0.3) is 0 Å². The van der Waals surface area contributed by atoms with Gasteiger partial charge in [-0.15, -0.1) is 0 Å². The normalized spacial score (nSPS) is 11.1. The number of carboxylic acids is 1. The fourth-order valence-corrected chi connectivity index (χ4v) is 0.820. The van der Waals surface area contributed by atoms with E-state index in [-0.39, 0.29) is 0 Å². The molecule has 0 aromatic rings. The average molecular weight is 220 g/mol. The molecule has 6 heteroatoms. The molecule has 0 unspecified atom stereocenters. The molecule has 1 N–H and O–H groups in total. The highest BCUT2D eigenvalue weighted by Crippen LogP contribution is 2.18. The summed E-state index contributed by atoms with van der Waals surface area (Å²) in [5.41, 5.74) is -0.616. The van der Waals surface area contributed by atoms with Crippen molar-refractivity contribution in [2.75, 3.05) is 0 Å². The van der Waals surface area contributed by atoms with Gasteiger partial charge in [-0.2, -0.15) is 4.89 Å². The Morgan fingerprint density at radius 3 is 2.40 bits per heavy atom. The maximum absolute atomic E-state index is 10.4. The zero-order valence-electron chi connectivity index (χ0n) is 9.11. The molecule has 0 heterocycles. The largest absolute Gasteiger partial charge is 0.473 e. The van der Waals surface area contributed by atoms with Crippen molar-refractivity contribution in [2.24, 2.45) is 0 Å². The first-order valence-electron chi connectivity index (χ1n) is 4.68. The first-order chi connectivity index (χ1) is 6.89. The summed E-state index contributed by atoms with van der Waals surface area (Å²) in [5.74, 6) is -3.24. The molecular weight excluding hydrogens is 204 g/mol. The highest BCUT2D eigenvalue weighted by molar-refractivity contribution is 6.28. The Hall–Kier alpha value is -1.14. The Morgan fingerprint density at radius 1 is 1.33 bits per heavy atom. The van der Waals surface area contributed by atoms with E-state index < -0.39 is 17.5 Å². The fourth-order valence-electron chi connectivity index (χ4n) is 0.820. The number of carbonyl (C=O) groups excluding carboxylic acids is 1. The predicted octanol–water partition coefficient (Wildman–Crippen LogP) is 1.45. The maximum atomic E-state index is 10.4. The van der Waals surface area contributed by atoms with E-state index in [2.05, 4.69) is 9.93 Å². The van der Waals surface area contributed by atoms with Crippen molar-refractivity contribution in [2.45, 2.75) is 45.6 Å². The number of rotatable bonds is 6. The predicted molar refractivity (Wildman–Crippen MR) is 49.5 cm³/mol. The molecule has 0 radical (unpaired) electrons. The lowest BCUT2D eigenvalue weighted by atomic mass is 10.0. The van der Waals surface area contributed by atoms with Gasteiger partial charge in [-0.3, -0.25) is 4.89 Å². The van der Waals surface area contributed by atoms with Crippen LogP contribution >= 0.6 is 0 Å². The van der Waals surface area contributed by atoms with Crippen LogP contribution < -0.4 is 0 Å². The van der Waals surface area contributed by atoms with E-state index in [0.29, 0.717) is 6.42 Å². The first kappa shape index (κ1) is 13.9. The average Bonchev–Trinajstić information content (AvgIpc) is 2.14. The third-order valence-corrected chi connectivity index (χ3v) is 1.68. The van der Waals surface area contributed by atoms with Gasteiger partial charge < -0.3 is 5.11 Å². The Bertz CT molecular complexity index is 223. The monoisotopic (exact) mass is 220 g/mol. The molecule has 6 nitrogen and oxygen atoms in total. The fraction of sp³-hybridized carbons (Fsp3) is 0.778. The standard InChI is InChI=1S/C9H16O6/c1-4-5-6-9(2,3)14-15-13-8(12)7(10)11/h4-6H2,1-3H3,(H,10,11). The van der Waals surface area contributed by atoms with Crippen molar-refractivity contribution < 1.29 is 29.5 Å². The third kappa shape index (κ3) is 6.87. The molecule has 0 aliphatic carbocycles. The third-order valence-electron chi connectivity index (χ3n) is 1.68. The van der Waals surface area contributed by atoms with Gasteiger partial charge in [-0.05, 0) is 25.3 Å². The van der Waals surface area contributed by atoms with Crippen LogP contribution in [-0.4, -0.2) is 22.6 Å². The summed E-state index contributed by atoms with van der Waals surface area (Å²) in [6, 6.07) is 0. The maximum Gasteiger partial charge on any atom is 0.452 e. The van der Waals surface area contributed by atoms with E-state index in [4.69, 9.17) is 9.99 Å². The van der Waals surface area contributed by atoms with Gasteiger partial charge in [-0.1, -0.05) is 19.8 Å². The van der Waals surface area contributed by atoms with E-state index in [0.717, 1.165) is 12.8 Å². The topological polar surface area (TPSA) is 82.1 Å². The molecular formula is C9H16O6. The molecule has 0 aliphatic heterocycles. The van der Waals surface area contributed by atoms with Crippen molar-refractivity contribution in [1.82, 2.24) is 0 Å². The minimum absolute atomic E-state index is 0.616. The van der Waals surface area contributed by atoms with Crippen molar-refractivity contribution in [1.29, 1.82) is 0 Å². The second-order valence-electron chi connectivity index (χ2n) is 3.69. The summed E-state index contributed by atoms with van der Waals surface area (Å²) in [5, 5.41) is 12.2. The van der Waals surface area contributed by atoms with Crippen LogP contribution in [0, 0.1) is 0 Å². The summed E-state index contributed by atoms with van der Waals surface area (Å²) in [6.45, 7) is 5.52. The molecule has 0 fully saturated rings. The quantitative estimate of drug-likeness (QED) is 0.414. The molecule has 15 heavy (non-hydrogen) atoms. The SMILES string of the molecule is CCCCC(C)(C)OOOC(=O)C(=O)O. The first-order valence-corrected chi connectivity index (χ1v) is 4.68. The molecule has 0 rings (SSSR count). The highest BCUT2D eigenvalue weighted by atomic mass is 17.5. The second kappa shape index (κ2) is 6.36. The van der Waals surface area contributed by atoms with Gasteiger partial charge in [0.15, 0.2) is 0 Å². The van der Waals surface area contributed by atoms with E-state index in [9.17, 15) is 9.59 Å². The molecule has 0 aliphatic rings. The van der Waals surface area contributed by atoms with Crippen LogP contribution in [-0.2, 0) is 24.4 Å². The Kier molecular flexibility index (Phi) is 5.88. The zero-order chi connectivity index (χ0) is 11.9. The van der Waals surface area contributed by atoms with E-state index in [1.807, 2.05) is 6.92 Å². The van der Waals surface area contributed by atoms with Crippen molar-refractivity contribution in [3.63, 3.8) is 0 Å². The van der Waals surface area contributed by atoms with Crippen LogP contribution in [0.1, 0.15) is 40.0 Å². The summed E-state index contributed by atoms with van der Waals surface area (Å²) in [6.07, 6.45) is 2.65. The Labute approximate surface area is 88.0 Å². The van der Waals surface area contributed by atoms with Gasteiger partial charge in [0.2, 0.25) is 0 Å². The molecule has 88 valence electrons. The van der Waals surface area contributed by atoms with Crippen molar-refractivity contribution in [3.05, 3.63) is 0 Å². The number of carbonyl (C=O) groups is 2. The lowest BCUT2D eigenvalue weighted by molar-refractivity contribution is -0.516. The van der Waals surface area contributed by atoms with Gasteiger partial charge >= 0.3 is 11.9 Å². The Morgan fingerprint density at radius 2 is 1.93 bits per heavy atom. The number of hydrogen-bond acceptors (Lipinski definition) is 5. The van der Waals surface area contributed by atoms with Crippen molar-refractivity contribution >= 4 is 11.9 Å². The van der Waals surface area contributed by atoms with Gasteiger partial charge in [0.05, 0.1) is 0 Å². The van der Waals surface area contributed by atoms with E-state index >= 15 is 0 Å². The summed E-state index contributed by atoms with van der Waals surface area (Å²) < 4.78 is 0. The number of carboxylic acid groups (broad SMARTS) is 1. The van der Waals surface area contributed by atoms with Crippen LogP contribution in [0.5, 0.6) is 0 Å². The van der Waals surface area contributed by atoms with E-state index in [1.165, 1.54) is 0 Å². The van der Waals surface area contributed by atoms with Gasteiger partial charge in [0.1, 0.15) is 5.60 Å². The molecule has 0 saturated carbocycles. The summed E-state index contributed by atoms with van der Waals surface area (Å²) in [7, 11) is 0. The minimum atomic E-state index is -1.73. The summed E-state index contributed by atoms with van der Waals surface area (Å²) in [4.78, 5) is 29.0. The molecule has 0 aromatic heterocycles. The molecule has 0 atom stereocenters. The highest BCUT2D eigenvalue weighted by Gasteiger charge is 2.22. The second-order valence-corrected chi connectivity index (χ2v) is 3.69. The zero-order valence-corrected chi connectivity index (χ0v) is 9.11. The molecule has 0 bridgehead atoms. The Balaban J connectivity index is 3.74. The van der Waals surface area contributed by atoms with Crippen LogP contribution in [0.25, 0.3) is 0 Å². The minimum Gasteiger partial charge on any atom is -0.473 e. The molecule has 0 saturated heterocycles. The van der Waals surface area contributed by atoms with Gasteiger partial charge in [0, 0.05) is 0 Å². The molecule has 0 amide bonds. The molecule has 0 aromatic carbocycles. The number of aliphatic carboxylic acids is 1. The summed E-state index contributed by atoms with van der Waals surface area (Å²) >= 11 is 0. The number of hydrogen-bond donors (Lipinski definition) is 1. The van der Waals surface area contributed by atoms with Crippen LogP contribution in [0.3, 0.4) is 0 Å². The number of unbranched alkanes of at least 4 members (excludes halogenated alkanes) is 1. The van der Waals surface area contributed by atoms with Gasteiger partial charge in [-0.25, -0.2) is 9.59 Å². The molecule has 0 spiro atoms.